The number of nitrogens with one attached hydrogen (secondary N) is 1. The lowest BCUT2D eigenvalue weighted by atomic mass is 10.1. The highest BCUT2D eigenvalue weighted by atomic mass is 32.1. The third-order valence-corrected chi connectivity index (χ3v) is 3.43. The molecule has 128 valence electrons. The molecule has 1 aliphatic rings. The van der Waals surface area contributed by atoms with Gasteiger partial charge in [0.2, 0.25) is 0 Å². The van der Waals surface area contributed by atoms with Crippen molar-refractivity contribution in [2.24, 2.45) is 4.99 Å². The summed E-state index contributed by atoms with van der Waals surface area (Å²) in [6, 6.07) is 6.07. The number of allylic oxidation sites excluding steroid dienone is 3. The summed E-state index contributed by atoms with van der Waals surface area (Å²) in [4.78, 5) is 7.77. The molecular weight excluding hydrogens is 302 g/mol. The molecule has 0 spiro atoms. The van der Waals surface area contributed by atoms with Gasteiger partial charge in [-0.1, -0.05) is 33.8 Å². The van der Waals surface area contributed by atoms with Crippen molar-refractivity contribution in [2.45, 2.75) is 39.0 Å². The summed E-state index contributed by atoms with van der Waals surface area (Å²) in [5.74, 6) is 0. The van der Waals surface area contributed by atoms with Crippen LogP contribution >= 0.6 is 0 Å². The molecule has 0 amide bonds. The van der Waals surface area contributed by atoms with Crippen LogP contribution in [0.4, 0.5) is 11.4 Å². The maximum absolute atomic E-state index is 4.68. The Balaban J connectivity index is 0.00000112. The fourth-order valence-corrected chi connectivity index (χ4v) is 2.18. The van der Waals surface area contributed by atoms with Gasteiger partial charge in [-0.15, -0.1) is 0 Å². The molecule has 0 aliphatic heterocycles. The topological polar surface area (TPSA) is 27.6 Å². The van der Waals surface area contributed by atoms with Gasteiger partial charge >= 0.3 is 0 Å². The lowest BCUT2D eigenvalue weighted by molar-refractivity contribution is 0.527. The number of benzene rings is 1. The van der Waals surface area contributed by atoms with Crippen molar-refractivity contribution >= 4 is 29.7 Å². The molecule has 0 fully saturated rings. The Kier molecular flexibility index (Phi) is 11.0. The molecule has 0 unspecified atom stereocenters. The summed E-state index contributed by atoms with van der Waals surface area (Å²) < 4.78 is 0. The van der Waals surface area contributed by atoms with Gasteiger partial charge in [0.25, 0.3) is 0 Å². The Morgan fingerprint density at radius 1 is 1.09 bits per heavy atom. The van der Waals surface area contributed by atoms with Crippen LogP contribution in [-0.2, 0) is 12.6 Å². The van der Waals surface area contributed by atoms with Gasteiger partial charge in [0.15, 0.2) is 4.90 Å². The molecule has 1 aromatic carbocycles. The molecule has 0 saturated carbocycles. The van der Waals surface area contributed by atoms with E-state index in [9.17, 15) is 0 Å². The maximum atomic E-state index is 4.68. The van der Waals surface area contributed by atoms with Crippen LogP contribution in [0.15, 0.2) is 52.0 Å². The lowest BCUT2D eigenvalue weighted by Crippen LogP contribution is -2.12. The van der Waals surface area contributed by atoms with Crippen molar-refractivity contribution in [1.29, 1.82) is 0 Å². The Labute approximate surface area is 147 Å². The van der Waals surface area contributed by atoms with Crippen molar-refractivity contribution < 1.29 is 0 Å². The molecule has 0 saturated heterocycles. The highest BCUT2D eigenvalue weighted by molar-refractivity contribution is 7.59. The van der Waals surface area contributed by atoms with Crippen molar-refractivity contribution in [3.05, 3.63) is 42.1 Å². The summed E-state index contributed by atoms with van der Waals surface area (Å²) >= 11 is 3.61. The first kappa shape index (κ1) is 21.3. The van der Waals surface area contributed by atoms with Crippen molar-refractivity contribution in [3.63, 3.8) is 0 Å². The van der Waals surface area contributed by atoms with Crippen LogP contribution in [0.2, 0.25) is 0 Å². The number of rotatable bonds is 3. The number of hydrogen-bond donors (Lipinski definition) is 1. The van der Waals surface area contributed by atoms with Gasteiger partial charge in [0.05, 0.1) is 0 Å². The highest BCUT2D eigenvalue weighted by Crippen LogP contribution is 2.24. The quantitative estimate of drug-likeness (QED) is 0.816. The van der Waals surface area contributed by atoms with E-state index in [2.05, 4.69) is 46.1 Å². The summed E-state index contributed by atoms with van der Waals surface area (Å²) in [5, 5.41) is 3.11. The Bertz CT molecular complexity index is 558. The van der Waals surface area contributed by atoms with Crippen LogP contribution in [-0.4, -0.2) is 31.8 Å². The van der Waals surface area contributed by atoms with E-state index in [1.807, 2.05) is 67.0 Å². The van der Waals surface area contributed by atoms with E-state index >= 15 is 0 Å². The molecule has 1 aliphatic carbocycles. The van der Waals surface area contributed by atoms with Crippen LogP contribution in [0, 0.1) is 0 Å². The minimum Gasteiger partial charge on any atom is -0.388 e. The molecule has 0 radical (unpaired) electrons. The SMILES string of the molecule is CC.CC.CNc1ccc(N=C2C=CC(N(C)C)=CC2)c([SH2+])c1. The molecule has 0 heterocycles. The summed E-state index contributed by atoms with van der Waals surface area (Å²) in [6.45, 7) is 8.00. The number of likely N-dealkylation sites (N-methyl/N-ethyl adjacent to an activating group) is 1. The highest BCUT2D eigenvalue weighted by Gasteiger charge is 2.07. The number of hydrogen-bond acceptors (Lipinski definition) is 3. The standard InChI is InChI=1S/C15H19N3S.2C2H6/c1-16-12-6-9-14(15(19)10-12)17-11-4-7-13(8-5-11)18(2)3;2*1-2/h4,6-10,16,19H,5H2,1-3H3;2*1-2H3/p+1. The first-order valence-electron chi connectivity index (χ1n) is 8.26. The van der Waals surface area contributed by atoms with Crippen molar-refractivity contribution in [1.82, 2.24) is 4.90 Å². The predicted molar refractivity (Wildman–Crippen MR) is 110 cm³/mol. The van der Waals surface area contributed by atoms with Gasteiger partial charge in [-0.25, -0.2) is 4.99 Å². The van der Waals surface area contributed by atoms with E-state index in [0.717, 1.165) is 28.4 Å². The molecule has 1 aromatic rings. The summed E-state index contributed by atoms with van der Waals surface area (Å²) in [7, 11) is 6.00. The van der Waals surface area contributed by atoms with E-state index in [-0.39, 0.29) is 0 Å². The van der Waals surface area contributed by atoms with Crippen LogP contribution < -0.4 is 5.32 Å². The monoisotopic (exact) mass is 334 g/mol. The van der Waals surface area contributed by atoms with Gasteiger partial charge in [0, 0.05) is 50.7 Å². The third-order valence-electron chi connectivity index (χ3n) is 3.03. The Morgan fingerprint density at radius 3 is 2.17 bits per heavy atom. The molecule has 0 atom stereocenters. The Hall–Kier alpha value is -1.68. The fourth-order valence-electron chi connectivity index (χ4n) is 1.89. The molecule has 0 aromatic heterocycles. The Morgan fingerprint density at radius 2 is 1.74 bits per heavy atom. The zero-order chi connectivity index (χ0) is 17.8. The first-order chi connectivity index (χ1) is 11.1. The second-order valence-corrected chi connectivity index (χ2v) is 5.18. The van der Waals surface area contributed by atoms with Gasteiger partial charge in [-0.3, -0.25) is 0 Å². The van der Waals surface area contributed by atoms with Crippen LogP contribution in [0.5, 0.6) is 0 Å². The average Bonchev–Trinajstić information content (AvgIpc) is 2.60. The second kappa shape index (κ2) is 11.8. The molecule has 4 heteroatoms. The molecular formula is C19H32N3S+. The summed E-state index contributed by atoms with van der Waals surface area (Å²) in [5.41, 5.74) is 4.32. The van der Waals surface area contributed by atoms with E-state index in [1.54, 1.807) is 0 Å². The van der Waals surface area contributed by atoms with E-state index < -0.39 is 0 Å². The number of anilines is 1. The van der Waals surface area contributed by atoms with Crippen molar-refractivity contribution in [2.75, 3.05) is 26.5 Å². The van der Waals surface area contributed by atoms with E-state index in [1.165, 1.54) is 5.70 Å². The summed E-state index contributed by atoms with van der Waals surface area (Å²) in [6.07, 6.45) is 7.22. The van der Waals surface area contributed by atoms with Crippen LogP contribution in [0.3, 0.4) is 0 Å². The number of nitrogens with zero attached hydrogens (tertiary/aromatic N) is 2. The number of aliphatic imine (C=N–C) groups is 1. The van der Waals surface area contributed by atoms with Gasteiger partial charge < -0.3 is 10.2 Å². The molecule has 0 bridgehead atoms. The first-order valence-corrected chi connectivity index (χ1v) is 8.76. The lowest BCUT2D eigenvalue weighted by Gasteiger charge is -2.16. The largest absolute Gasteiger partial charge is 0.388 e. The molecule has 1 N–H and O–H groups in total. The van der Waals surface area contributed by atoms with Gasteiger partial charge in [0.1, 0.15) is 5.69 Å². The maximum Gasteiger partial charge on any atom is 0.178 e. The minimum atomic E-state index is 0.865. The van der Waals surface area contributed by atoms with Crippen LogP contribution in [0.1, 0.15) is 34.1 Å². The second-order valence-electron chi connectivity index (χ2n) is 4.65. The third kappa shape index (κ3) is 6.95. The molecule has 23 heavy (non-hydrogen) atoms. The molecule has 2 rings (SSSR count). The smallest absolute Gasteiger partial charge is 0.178 e. The zero-order valence-corrected chi connectivity index (χ0v) is 16.6. The van der Waals surface area contributed by atoms with E-state index in [4.69, 9.17) is 0 Å². The molecule has 3 nitrogen and oxygen atoms in total. The fraction of sp³-hybridized carbons (Fsp3) is 0.421. The zero-order valence-electron chi connectivity index (χ0n) is 15.6. The van der Waals surface area contributed by atoms with Gasteiger partial charge in [-0.2, -0.15) is 0 Å². The minimum absolute atomic E-state index is 0.865. The predicted octanol–water partition coefficient (Wildman–Crippen LogP) is 4.63. The normalized spacial score (nSPS) is 14.1. The van der Waals surface area contributed by atoms with Crippen LogP contribution in [0.25, 0.3) is 0 Å². The van der Waals surface area contributed by atoms with Gasteiger partial charge in [-0.05, 0) is 36.9 Å². The van der Waals surface area contributed by atoms with Crippen molar-refractivity contribution in [3.8, 4) is 0 Å². The average molecular weight is 335 g/mol. The van der Waals surface area contributed by atoms with E-state index in [0.29, 0.717) is 0 Å².